The maximum atomic E-state index is 13.8. The van der Waals surface area contributed by atoms with Crippen molar-refractivity contribution in [3.05, 3.63) is 29.6 Å². The number of benzene rings is 1. The molecule has 116 valence electrons. The molecule has 0 amide bonds. The molecule has 0 bridgehead atoms. The van der Waals surface area contributed by atoms with Crippen molar-refractivity contribution < 1.29 is 9.13 Å². The van der Waals surface area contributed by atoms with Crippen LogP contribution in [0, 0.1) is 5.82 Å². The average Bonchev–Trinajstić information content (AvgIpc) is 2.53. The number of hydrogen-bond donors (Lipinski definition) is 1. The minimum Gasteiger partial charge on any atom is -0.377 e. The summed E-state index contributed by atoms with van der Waals surface area (Å²) in [6, 6.07) is 5.68. The predicted octanol–water partition coefficient (Wildman–Crippen LogP) is 4.30. The largest absolute Gasteiger partial charge is 0.377 e. The molecule has 2 nitrogen and oxygen atoms in total. The molecule has 21 heavy (non-hydrogen) atoms. The van der Waals surface area contributed by atoms with Crippen LogP contribution in [-0.4, -0.2) is 25.0 Å². The molecule has 1 fully saturated rings. The fourth-order valence-corrected chi connectivity index (χ4v) is 4.43. The highest BCUT2D eigenvalue weighted by molar-refractivity contribution is 7.99. The summed E-state index contributed by atoms with van der Waals surface area (Å²) in [6.45, 7) is 1.61. The first kappa shape index (κ1) is 15.3. The smallest absolute Gasteiger partial charge is 0.137 e. The zero-order valence-electron chi connectivity index (χ0n) is 12.4. The van der Waals surface area contributed by atoms with Gasteiger partial charge in [-0.2, -0.15) is 0 Å². The van der Waals surface area contributed by atoms with Gasteiger partial charge in [-0.3, -0.25) is 0 Å². The Morgan fingerprint density at radius 1 is 1.19 bits per heavy atom. The number of halogens is 1. The van der Waals surface area contributed by atoms with Crippen LogP contribution in [0.15, 0.2) is 23.1 Å². The van der Waals surface area contributed by atoms with Gasteiger partial charge < -0.3 is 10.1 Å². The topological polar surface area (TPSA) is 21.3 Å². The van der Waals surface area contributed by atoms with Crippen molar-refractivity contribution in [3.8, 4) is 0 Å². The minimum atomic E-state index is -0.0811. The van der Waals surface area contributed by atoms with Crippen LogP contribution in [0.3, 0.4) is 0 Å². The van der Waals surface area contributed by atoms with Crippen LogP contribution in [0.1, 0.15) is 50.1 Å². The third kappa shape index (κ3) is 3.99. The van der Waals surface area contributed by atoms with Gasteiger partial charge in [0.15, 0.2) is 0 Å². The standard InChI is InChI=1S/C17H24FNOS/c18-15-8-4-7-14-16(9-12-21-17(14)15)19-10-11-20-13-5-2-1-3-6-13/h4,7-8,13,16,19H,1-3,5-6,9-12H2. The lowest BCUT2D eigenvalue weighted by Crippen LogP contribution is -2.29. The van der Waals surface area contributed by atoms with Gasteiger partial charge in [-0.05, 0) is 36.6 Å². The van der Waals surface area contributed by atoms with Gasteiger partial charge in [-0.25, -0.2) is 4.39 Å². The van der Waals surface area contributed by atoms with Gasteiger partial charge in [-0.15, -0.1) is 11.8 Å². The maximum absolute atomic E-state index is 13.8. The third-order valence-electron chi connectivity index (χ3n) is 4.42. The average molecular weight is 309 g/mol. The molecule has 3 rings (SSSR count). The minimum absolute atomic E-state index is 0.0811. The van der Waals surface area contributed by atoms with E-state index in [1.54, 1.807) is 17.8 Å². The van der Waals surface area contributed by atoms with Crippen LogP contribution in [0.2, 0.25) is 0 Å². The zero-order chi connectivity index (χ0) is 14.5. The first-order valence-electron chi connectivity index (χ1n) is 8.11. The van der Waals surface area contributed by atoms with Gasteiger partial charge in [-0.1, -0.05) is 31.4 Å². The van der Waals surface area contributed by atoms with Crippen molar-refractivity contribution in [3.63, 3.8) is 0 Å². The highest BCUT2D eigenvalue weighted by atomic mass is 32.2. The van der Waals surface area contributed by atoms with E-state index in [1.807, 2.05) is 12.1 Å². The lowest BCUT2D eigenvalue weighted by Gasteiger charge is -2.27. The van der Waals surface area contributed by atoms with E-state index >= 15 is 0 Å². The van der Waals surface area contributed by atoms with Gasteiger partial charge in [0.1, 0.15) is 5.82 Å². The molecule has 0 radical (unpaired) electrons. The van der Waals surface area contributed by atoms with E-state index in [9.17, 15) is 4.39 Å². The maximum Gasteiger partial charge on any atom is 0.137 e. The molecule has 0 aromatic heterocycles. The quantitative estimate of drug-likeness (QED) is 0.819. The first-order valence-corrected chi connectivity index (χ1v) is 9.09. The molecule has 1 aliphatic heterocycles. The highest BCUT2D eigenvalue weighted by Gasteiger charge is 2.22. The van der Waals surface area contributed by atoms with Crippen molar-refractivity contribution >= 4 is 11.8 Å². The van der Waals surface area contributed by atoms with Crippen molar-refractivity contribution in [1.82, 2.24) is 5.32 Å². The molecular formula is C17H24FNOS. The Balaban J connectivity index is 1.47. The lowest BCUT2D eigenvalue weighted by atomic mass is 9.98. The Kier molecular flexibility index (Phi) is 5.55. The second kappa shape index (κ2) is 7.61. The van der Waals surface area contributed by atoms with E-state index in [2.05, 4.69) is 5.32 Å². The molecular weight excluding hydrogens is 285 g/mol. The summed E-state index contributed by atoms with van der Waals surface area (Å²) in [6.07, 6.45) is 7.94. The predicted molar refractivity (Wildman–Crippen MR) is 85.3 cm³/mol. The Bertz CT molecular complexity index is 462. The summed E-state index contributed by atoms with van der Waals surface area (Å²) in [5, 5.41) is 3.54. The molecule has 1 aromatic carbocycles. The molecule has 1 aliphatic carbocycles. The van der Waals surface area contributed by atoms with Gasteiger partial charge in [0, 0.05) is 17.5 Å². The Hall–Kier alpha value is -0.580. The molecule has 4 heteroatoms. The molecule has 1 N–H and O–H groups in total. The normalized spacial score (nSPS) is 23.0. The Morgan fingerprint density at radius 3 is 2.90 bits per heavy atom. The lowest BCUT2D eigenvalue weighted by molar-refractivity contribution is 0.0293. The van der Waals surface area contributed by atoms with Gasteiger partial charge in [0.2, 0.25) is 0 Å². The first-order chi connectivity index (χ1) is 10.3. The van der Waals surface area contributed by atoms with Crippen LogP contribution in [0.4, 0.5) is 4.39 Å². The van der Waals surface area contributed by atoms with Gasteiger partial charge in [0.05, 0.1) is 12.7 Å². The number of hydrogen-bond acceptors (Lipinski definition) is 3. The fraction of sp³-hybridized carbons (Fsp3) is 0.647. The summed E-state index contributed by atoms with van der Waals surface area (Å²) in [4.78, 5) is 0.828. The van der Waals surface area contributed by atoms with Crippen LogP contribution < -0.4 is 5.32 Å². The summed E-state index contributed by atoms with van der Waals surface area (Å²) < 4.78 is 19.7. The van der Waals surface area contributed by atoms with E-state index in [0.717, 1.165) is 35.8 Å². The van der Waals surface area contributed by atoms with Crippen LogP contribution in [-0.2, 0) is 4.74 Å². The summed E-state index contributed by atoms with van der Waals surface area (Å²) in [5.74, 6) is 0.900. The molecule has 1 aromatic rings. The van der Waals surface area contributed by atoms with Gasteiger partial charge in [0.25, 0.3) is 0 Å². The Labute approximate surface area is 130 Å². The van der Waals surface area contributed by atoms with E-state index in [-0.39, 0.29) is 11.9 Å². The third-order valence-corrected chi connectivity index (χ3v) is 5.58. The molecule has 1 unspecified atom stereocenters. The van der Waals surface area contributed by atoms with Crippen molar-refractivity contribution in [2.24, 2.45) is 0 Å². The number of rotatable bonds is 5. The van der Waals surface area contributed by atoms with Crippen molar-refractivity contribution in [1.29, 1.82) is 0 Å². The second-order valence-electron chi connectivity index (χ2n) is 5.93. The summed E-state index contributed by atoms with van der Waals surface area (Å²) in [5.41, 5.74) is 1.11. The molecule has 1 atom stereocenters. The number of fused-ring (bicyclic) bond motifs is 1. The van der Waals surface area contributed by atoms with Crippen LogP contribution in [0.25, 0.3) is 0 Å². The van der Waals surface area contributed by atoms with Crippen LogP contribution >= 0.6 is 11.8 Å². The van der Waals surface area contributed by atoms with Crippen LogP contribution in [0.5, 0.6) is 0 Å². The van der Waals surface area contributed by atoms with Crippen molar-refractivity contribution in [2.75, 3.05) is 18.9 Å². The van der Waals surface area contributed by atoms with E-state index in [4.69, 9.17) is 4.74 Å². The summed E-state index contributed by atoms with van der Waals surface area (Å²) >= 11 is 1.63. The Morgan fingerprint density at radius 2 is 2.05 bits per heavy atom. The molecule has 2 aliphatic rings. The van der Waals surface area contributed by atoms with E-state index in [0.29, 0.717) is 6.10 Å². The molecule has 0 saturated heterocycles. The monoisotopic (exact) mass is 309 g/mol. The number of thioether (sulfide) groups is 1. The molecule has 0 spiro atoms. The zero-order valence-corrected chi connectivity index (χ0v) is 13.3. The molecule has 1 heterocycles. The van der Waals surface area contributed by atoms with Gasteiger partial charge >= 0.3 is 0 Å². The summed E-state index contributed by atoms with van der Waals surface area (Å²) in [7, 11) is 0. The van der Waals surface area contributed by atoms with E-state index < -0.39 is 0 Å². The highest BCUT2D eigenvalue weighted by Crippen LogP contribution is 2.37. The SMILES string of the molecule is Fc1cccc2c1SCCC2NCCOC1CCCCC1. The number of ether oxygens (including phenoxy) is 1. The fourth-order valence-electron chi connectivity index (χ4n) is 3.29. The van der Waals surface area contributed by atoms with E-state index in [1.165, 1.54) is 32.1 Å². The second-order valence-corrected chi connectivity index (χ2v) is 7.04. The number of nitrogens with one attached hydrogen (secondary N) is 1. The molecule has 1 saturated carbocycles. The van der Waals surface area contributed by atoms with Crippen molar-refractivity contribution in [2.45, 2.75) is 55.6 Å².